The number of pyridine rings is 1. The van der Waals surface area contributed by atoms with Gasteiger partial charge in [0.25, 0.3) is 10.0 Å². The molecule has 0 fully saturated rings. The number of benzene rings is 2. The third kappa shape index (κ3) is 4.12. The van der Waals surface area contributed by atoms with E-state index in [4.69, 9.17) is 4.74 Å². The predicted octanol–water partition coefficient (Wildman–Crippen LogP) is 3.94. The first-order chi connectivity index (χ1) is 12.5. The van der Waals surface area contributed by atoms with E-state index in [1.54, 1.807) is 56.6 Å². The van der Waals surface area contributed by atoms with Crippen molar-refractivity contribution < 1.29 is 13.2 Å². The van der Waals surface area contributed by atoms with E-state index in [1.807, 2.05) is 24.3 Å². The largest absolute Gasteiger partial charge is 0.497 e. The number of hydrogen-bond acceptors (Lipinski definition) is 5. The normalized spacial score (nSPS) is 11.0. The van der Waals surface area contributed by atoms with E-state index in [-0.39, 0.29) is 10.7 Å². The third-order valence-electron chi connectivity index (χ3n) is 3.74. The van der Waals surface area contributed by atoms with Crippen LogP contribution in [0.15, 0.2) is 71.8 Å². The lowest BCUT2D eigenvalue weighted by atomic mass is 10.2. The van der Waals surface area contributed by atoms with Crippen LogP contribution in [-0.2, 0) is 10.0 Å². The lowest BCUT2D eigenvalue weighted by Crippen LogP contribution is -2.15. The van der Waals surface area contributed by atoms with Gasteiger partial charge < -0.3 is 10.1 Å². The minimum absolute atomic E-state index is 0.236. The molecular weight excluding hydrogens is 350 g/mol. The van der Waals surface area contributed by atoms with E-state index >= 15 is 0 Å². The minimum Gasteiger partial charge on any atom is -0.497 e. The van der Waals surface area contributed by atoms with Gasteiger partial charge in [-0.1, -0.05) is 24.3 Å². The van der Waals surface area contributed by atoms with Gasteiger partial charge in [0.2, 0.25) is 0 Å². The second-order valence-corrected chi connectivity index (χ2v) is 7.31. The summed E-state index contributed by atoms with van der Waals surface area (Å²) >= 11 is 0. The number of nitrogens with one attached hydrogen (secondary N) is 2. The molecule has 0 aliphatic heterocycles. The highest BCUT2D eigenvalue weighted by Gasteiger charge is 2.16. The molecule has 134 valence electrons. The molecule has 0 saturated carbocycles. The first-order valence-electron chi connectivity index (χ1n) is 7.93. The fourth-order valence-corrected chi connectivity index (χ4v) is 3.70. The van der Waals surface area contributed by atoms with Gasteiger partial charge in [0, 0.05) is 11.8 Å². The molecule has 0 unspecified atom stereocenters. The van der Waals surface area contributed by atoms with E-state index in [0.29, 0.717) is 5.56 Å². The van der Waals surface area contributed by atoms with Crippen LogP contribution in [0.1, 0.15) is 5.56 Å². The Morgan fingerprint density at radius 2 is 1.77 bits per heavy atom. The van der Waals surface area contributed by atoms with E-state index < -0.39 is 10.0 Å². The Morgan fingerprint density at radius 3 is 2.46 bits per heavy atom. The number of aryl methyl sites for hydroxylation is 1. The van der Waals surface area contributed by atoms with Gasteiger partial charge in [-0.05, 0) is 42.8 Å². The highest BCUT2D eigenvalue weighted by Crippen LogP contribution is 2.22. The Morgan fingerprint density at radius 1 is 0.962 bits per heavy atom. The fourth-order valence-electron chi connectivity index (χ4n) is 2.45. The first kappa shape index (κ1) is 17.8. The van der Waals surface area contributed by atoms with E-state index in [0.717, 1.165) is 17.1 Å². The molecule has 0 bridgehead atoms. The van der Waals surface area contributed by atoms with Gasteiger partial charge in [-0.25, -0.2) is 13.4 Å². The van der Waals surface area contributed by atoms with Crippen LogP contribution in [0.25, 0.3) is 0 Å². The molecule has 3 aromatic rings. The number of methoxy groups -OCH3 is 1. The Labute approximate surface area is 152 Å². The zero-order valence-corrected chi connectivity index (χ0v) is 15.2. The average Bonchev–Trinajstić information content (AvgIpc) is 2.63. The monoisotopic (exact) mass is 369 g/mol. The first-order valence-corrected chi connectivity index (χ1v) is 9.42. The van der Waals surface area contributed by atoms with Gasteiger partial charge in [0.05, 0.1) is 23.9 Å². The minimum atomic E-state index is -3.67. The maximum atomic E-state index is 12.5. The standard InChI is InChI=1S/C19H19N3O3S/c1-14-6-3-4-9-18(14)26(23,24)22-19-11-10-16(13-20-19)21-15-7-5-8-17(12-15)25-2/h3-13,21H,1-2H3,(H,20,22). The number of aromatic nitrogens is 1. The predicted molar refractivity (Wildman–Crippen MR) is 103 cm³/mol. The molecule has 2 aromatic carbocycles. The topological polar surface area (TPSA) is 80.3 Å². The van der Waals surface area contributed by atoms with Crippen molar-refractivity contribution >= 4 is 27.2 Å². The lowest BCUT2D eigenvalue weighted by Gasteiger charge is -2.11. The van der Waals surface area contributed by atoms with Crippen LogP contribution >= 0.6 is 0 Å². The van der Waals surface area contributed by atoms with Crippen LogP contribution in [0.2, 0.25) is 0 Å². The molecule has 3 rings (SSSR count). The number of ether oxygens (including phenoxy) is 1. The third-order valence-corrected chi connectivity index (χ3v) is 5.26. The Kier molecular flexibility index (Phi) is 5.09. The van der Waals surface area contributed by atoms with Crippen molar-refractivity contribution in [3.8, 4) is 5.75 Å². The molecule has 6 nitrogen and oxygen atoms in total. The molecule has 0 atom stereocenters. The van der Waals surface area contributed by atoms with Gasteiger partial charge in [-0.2, -0.15) is 0 Å². The van der Waals surface area contributed by atoms with Crippen molar-refractivity contribution in [1.29, 1.82) is 0 Å². The second kappa shape index (κ2) is 7.45. The van der Waals surface area contributed by atoms with Gasteiger partial charge in [-0.3, -0.25) is 4.72 Å². The summed E-state index contributed by atoms with van der Waals surface area (Å²) in [5.41, 5.74) is 2.26. The van der Waals surface area contributed by atoms with Crippen LogP contribution < -0.4 is 14.8 Å². The Bertz CT molecular complexity index is 1000. The van der Waals surface area contributed by atoms with E-state index in [1.165, 1.54) is 0 Å². The molecule has 1 heterocycles. The van der Waals surface area contributed by atoms with Crippen LogP contribution in [0.4, 0.5) is 17.2 Å². The van der Waals surface area contributed by atoms with Crippen molar-refractivity contribution in [2.75, 3.05) is 17.1 Å². The number of hydrogen-bond donors (Lipinski definition) is 2. The van der Waals surface area contributed by atoms with Crippen LogP contribution in [0.3, 0.4) is 0 Å². The second-order valence-electron chi connectivity index (χ2n) is 5.66. The van der Waals surface area contributed by atoms with Crippen molar-refractivity contribution in [1.82, 2.24) is 4.98 Å². The number of rotatable bonds is 6. The van der Waals surface area contributed by atoms with Crippen molar-refractivity contribution in [2.45, 2.75) is 11.8 Å². The molecule has 7 heteroatoms. The van der Waals surface area contributed by atoms with Crippen molar-refractivity contribution in [2.24, 2.45) is 0 Å². The number of anilines is 3. The summed E-state index contributed by atoms with van der Waals surface area (Å²) in [6, 6.07) is 17.7. The number of nitrogens with zero attached hydrogens (tertiary/aromatic N) is 1. The summed E-state index contributed by atoms with van der Waals surface area (Å²) in [5.74, 6) is 0.995. The molecule has 0 aliphatic rings. The Balaban J connectivity index is 1.74. The molecule has 0 spiro atoms. The SMILES string of the molecule is COc1cccc(Nc2ccc(NS(=O)(=O)c3ccccc3C)nc2)c1. The summed E-state index contributed by atoms with van der Waals surface area (Å²) in [5, 5.41) is 3.19. The maximum Gasteiger partial charge on any atom is 0.263 e. The molecular formula is C19H19N3O3S. The molecule has 0 saturated heterocycles. The van der Waals surface area contributed by atoms with Gasteiger partial charge in [-0.15, -0.1) is 0 Å². The zero-order valence-electron chi connectivity index (χ0n) is 14.4. The molecule has 26 heavy (non-hydrogen) atoms. The van der Waals surface area contributed by atoms with Gasteiger partial charge in [0.1, 0.15) is 11.6 Å². The quantitative estimate of drug-likeness (QED) is 0.688. The fraction of sp³-hybridized carbons (Fsp3) is 0.105. The summed E-state index contributed by atoms with van der Waals surface area (Å²) < 4.78 is 32.7. The van der Waals surface area contributed by atoms with E-state index in [2.05, 4.69) is 15.0 Å². The molecule has 0 radical (unpaired) electrons. The summed E-state index contributed by atoms with van der Waals surface area (Å²) in [6.07, 6.45) is 1.56. The average molecular weight is 369 g/mol. The van der Waals surface area contributed by atoms with Crippen LogP contribution in [0, 0.1) is 6.92 Å². The number of sulfonamides is 1. The summed E-state index contributed by atoms with van der Waals surface area (Å²) in [6.45, 7) is 1.75. The molecule has 1 aromatic heterocycles. The van der Waals surface area contributed by atoms with Crippen molar-refractivity contribution in [3.63, 3.8) is 0 Å². The van der Waals surface area contributed by atoms with Crippen LogP contribution in [0.5, 0.6) is 5.75 Å². The van der Waals surface area contributed by atoms with E-state index in [9.17, 15) is 8.42 Å². The smallest absolute Gasteiger partial charge is 0.263 e. The van der Waals surface area contributed by atoms with Crippen molar-refractivity contribution in [3.05, 3.63) is 72.4 Å². The Hall–Kier alpha value is -3.06. The highest BCUT2D eigenvalue weighted by atomic mass is 32.2. The highest BCUT2D eigenvalue weighted by molar-refractivity contribution is 7.92. The molecule has 2 N–H and O–H groups in total. The lowest BCUT2D eigenvalue weighted by molar-refractivity contribution is 0.415. The zero-order chi connectivity index (χ0) is 18.6. The van der Waals surface area contributed by atoms with Gasteiger partial charge >= 0.3 is 0 Å². The molecule has 0 amide bonds. The van der Waals surface area contributed by atoms with Crippen LogP contribution in [-0.4, -0.2) is 20.5 Å². The summed E-state index contributed by atoms with van der Waals surface area (Å²) in [7, 11) is -2.07. The summed E-state index contributed by atoms with van der Waals surface area (Å²) in [4.78, 5) is 4.41. The molecule has 0 aliphatic carbocycles. The maximum absolute atomic E-state index is 12.5. The van der Waals surface area contributed by atoms with Gasteiger partial charge in [0.15, 0.2) is 0 Å².